The van der Waals surface area contributed by atoms with Gasteiger partial charge in [-0.3, -0.25) is 9.59 Å². The molecular formula is C16H20N4O2. The van der Waals surface area contributed by atoms with Crippen LogP contribution in [-0.4, -0.2) is 34.9 Å². The van der Waals surface area contributed by atoms with Gasteiger partial charge in [0.1, 0.15) is 0 Å². The lowest BCUT2D eigenvalue weighted by Gasteiger charge is -2.07. The highest BCUT2D eigenvalue weighted by Gasteiger charge is 2.08. The third-order valence-corrected chi connectivity index (χ3v) is 3.39. The zero-order chi connectivity index (χ0) is 16.1. The second-order valence-electron chi connectivity index (χ2n) is 5.06. The fourth-order valence-corrected chi connectivity index (χ4v) is 1.98. The maximum Gasteiger partial charge on any atom is 0.251 e. The Morgan fingerprint density at radius 2 is 1.64 bits per heavy atom. The Kier molecular flexibility index (Phi) is 5.04. The van der Waals surface area contributed by atoms with Gasteiger partial charge in [0, 0.05) is 25.1 Å². The molecule has 2 N–H and O–H groups in total. The van der Waals surface area contributed by atoms with E-state index in [2.05, 4.69) is 20.6 Å². The fraction of sp³-hybridized carbons (Fsp3) is 0.375. The molecule has 2 aromatic rings. The molecule has 0 saturated carbocycles. The molecule has 6 nitrogen and oxygen atoms in total. The van der Waals surface area contributed by atoms with E-state index in [4.69, 9.17) is 0 Å². The van der Waals surface area contributed by atoms with Gasteiger partial charge < -0.3 is 10.6 Å². The van der Waals surface area contributed by atoms with Crippen LogP contribution in [0.2, 0.25) is 0 Å². The van der Waals surface area contributed by atoms with Gasteiger partial charge in [0.2, 0.25) is 5.91 Å². The van der Waals surface area contributed by atoms with Gasteiger partial charge in [-0.25, -0.2) is 9.97 Å². The Morgan fingerprint density at radius 1 is 1.00 bits per heavy atom. The molecule has 0 spiro atoms. The number of benzene rings is 1. The summed E-state index contributed by atoms with van der Waals surface area (Å²) < 4.78 is 0. The van der Waals surface area contributed by atoms with E-state index in [9.17, 15) is 9.59 Å². The van der Waals surface area contributed by atoms with Gasteiger partial charge in [-0.15, -0.1) is 0 Å². The van der Waals surface area contributed by atoms with Gasteiger partial charge >= 0.3 is 0 Å². The molecule has 0 bridgehead atoms. The second kappa shape index (κ2) is 6.98. The SMILES string of the molecule is CCC(=O)NCCNC(=O)c1ccc2nc(C)c(C)nc2c1. The molecule has 0 saturated heterocycles. The van der Waals surface area contributed by atoms with Crippen molar-refractivity contribution in [1.82, 2.24) is 20.6 Å². The molecule has 116 valence electrons. The van der Waals surface area contributed by atoms with E-state index in [1.165, 1.54) is 0 Å². The van der Waals surface area contributed by atoms with Crippen molar-refractivity contribution in [2.45, 2.75) is 27.2 Å². The number of nitrogens with zero attached hydrogens (tertiary/aromatic N) is 2. The van der Waals surface area contributed by atoms with Crippen LogP contribution in [0.25, 0.3) is 11.0 Å². The maximum atomic E-state index is 12.1. The summed E-state index contributed by atoms with van der Waals surface area (Å²) in [6.45, 7) is 6.40. The minimum absolute atomic E-state index is 0.0268. The average Bonchev–Trinajstić information content (AvgIpc) is 2.51. The predicted molar refractivity (Wildman–Crippen MR) is 84.6 cm³/mol. The van der Waals surface area contributed by atoms with Crippen molar-refractivity contribution < 1.29 is 9.59 Å². The molecule has 0 atom stereocenters. The first-order chi connectivity index (χ1) is 10.5. The van der Waals surface area contributed by atoms with Gasteiger partial charge in [0.15, 0.2) is 0 Å². The van der Waals surface area contributed by atoms with Crippen molar-refractivity contribution >= 4 is 22.8 Å². The molecule has 2 amide bonds. The molecule has 0 unspecified atom stereocenters. The highest BCUT2D eigenvalue weighted by Crippen LogP contribution is 2.14. The molecule has 0 radical (unpaired) electrons. The van der Waals surface area contributed by atoms with Crippen LogP contribution in [0.3, 0.4) is 0 Å². The average molecular weight is 300 g/mol. The molecule has 1 aromatic carbocycles. The number of aromatic nitrogens is 2. The zero-order valence-electron chi connectivity index (χ0n) is 13.1. The summed E-state index contributed by atoms with van der Waals surface area (Å²) in [5, 5.41) is 5.47. The van der Waals surface area contributed by atoms with Crippen molar-refractivity contribution in [3.63, 3.8) is 0 Å². The van der Waals surface area contributed by atoms with Gasteiger partial charge in [-0.1, -0.05) is 6.92 Å². The first kappa shape index (κ1) is 15.9. The fourth-order valence-electron chi connectivity index (χ4n) is 1.98. The normalized spacial score (nSPS) is 10.5. The zero-order valence-corrected chi connectivity index (χ0v) is 13.1. The van der Waals surface area contributed by atoms with Crippen LogP contribution in [0, 0.1) is 13.8 Å². The summed E-state index contributed by atoms with van der Waals surface area (Å²) in [5.41, 5.74) is 3.75. The third-order valence-electron chi connectivity index (χ3n) is 3.39. The topological polar surface area (TPSA) is 84.0 Å². The molecule has 22 heavy (non-hydrogen) atoms. The van der Waals surface area contributed by atoms with Crippen LogP contribution in [0.4, 0.5) is 0 Å². The number of aryl methyl sites for hydroxylation is 2. The van der Waals surface area contributed by atoms with Crippen LogP contribution < -0.4 is 10.6 Å². The standard InChI is InChI=1S/C16H20N4O2/c1-4-15(21)17-7-8-18-16(22)12-5-6-13-14(9-12)20-11(3)10(2)19-13/h5-6,9H,4,7-8H2,1-3H3,(H,17,21)(H,18,22). The lowest BCUT2D eigenvalue weighted by atomic mass is 10.1. The smallest absolute Gasteiger partial charge is 0.251 e. The van der Waals surface area contributed by atoms with Crippen LogP contribution >= 0.6 is 0 Å². The molecule has 1 aromatic heterocycles. The number of hydrogen-bond acceptors (Lipinski definition) is 4. The third kappa shape index (κ3) is 3.78. The van der Waals surface area contributed by atoms with Crippen LogP contribution in [0.5, 0.6) is 0 Å². The number of amides is 2. The lowest BCUT2D eigenvalue weighted by Crippen LogP contribution is -2.34. The van der Waals surface area contributed by atoms with E-state index in [-0.39, 0.29) is 11.8 Å². The molecule has 6 heteroatoms. The van der Waals surface area contributed by atoms with E-state index in [0.717, 1.165) is 16.9 Å². The Morgan fingerprint density at radius 3 is 2.32 bits per heavy atom. The minimum atomic E-state index is -0.187. The molecule has 0 aliphatic heterocycles. The van der Waals surface area contributed by atoms with E-state index >= 15 is 0 Å². The molecule has 0 aliphatic rings. The van der Waals surface area contributed by atoms with E-state index < -0.39 is 0 Å². The number of nitrogens with one attached hydrogen (secondary N) is 2. The Bertz CT molecular complexity index is 713. The summed E-state index contributed by atoms with van der Waals surface area (Å²) in [7, 11) is 0. The van der Waals surface area contributed by atoms with Crippen molar-refractivity contribution in [3.05, 3.63) is 35.2 Å². The summed E-state index contributed by atoms with van der Waals surface area (Å²) >= 11 is 0. The molecule has 0 fully saturated rings. The molecule has 1 heterocycles. The molecule has 0 aliphatic carbocycles. The van der Waals surface area contributed by atoms with Gasteiger partial charge in [0.05, 0.1) is 22.4 Å². The summed E-state index contributed by atoms with van der Waals surface area (Å²) in [6.07, 6.45) is 0.441. The number of rotatable bonds is 5. The van der Waals surface area contributed by atoms with Crippen LogP contribution in [-0.2, 0) is 4.79 Å². The van der Waals surface area contributed by atoms with Crippen molar-refractivity contribution in [1.29, 1.82) is 0 Å². The number of carbonyl (C=O) groups excluding carboxylic acids is 2. The molecule has 2 rings (SSSR count). The number of carbonyl (C=O) groups is 2. The van der Waals surface area contributed by atoms with Crippen molar-refractivity contribution in [3.8, 4) is 0 Å². The summed E-state index contributed by atoms with van der Waals surface area (Å²) in [5.74, 6) is -0.214. The Hall–Kier alpha value is -2.50. The number of fused-ring (bicyclic) bond motifs is 1. The van der Waals surface area contributed by atoms with Crippen LogP contribution in [0.1, 0.15) is 35.1 Å². The van der Waals surface area contributed by atoms with Gasteiger partial charge in [-0.2, -0.15) is 0 Å². The van der Waals surface area contributed by atoms with Gasteiger partial charge in [-0.05, 0) is 32.0 Å². The summed E-state index contributed by atoms with van der Waals surface area (Å²) in [4.78, 5) is 32.1. The number of hydrogen-bond donors (Lipinski definition) is 2. The van der Waals surface area contributed by atoms with E-state index in [1.54, 1.807) is 25.1 Å². The predicted octanol–water partition coefficient (Wildman–Crippen LogP) is 1.50. The van der Waals surface area contributed by atoms with Crippen molar-refractivity contribution in [2.75, 3.05) is 13.1 Å². The lowest BCUT2D eigenvalue weighted by molar-refractivity contribution is -0.120. The minimum Gasteiger partial charge on any atom is -0.354 e. The Labute approximate surface area is 129 Å². The first-order valence-corrected chi connectivity index (χ1v) is 7.31. The highest BCUT2D eigenvalue weighted by atomic mass is 16.2. The summed E-state index contributed by atoms with van der Waals surface area (Å²) in [6, 6.07) is 5.25. The van der Waals surface area contributed by atoms with Crippen LogP contribution in [0.15, 0.2) is 18.2 Å². The quantitative estimate of drug-likeness (QED) is 0.820. The maximum absolute atomic E-state index is 12.1. The molecular weight excluding hydrogens is 280 g/mol. The van der Waals surface area contributed by atoms with E-state index in [0.29, 0.717) is 30.6 Å². The van der Waals surface area contributed by atoms with Gasteiger partial charge in [0.25, 0.3) is 5.91 Å². The van der Waals surface area contributed by atoms with E-state index in [1.807, 2.05) is 13.8 Å². The highest BCUT2D eigenvalue weighted by molar-refractivity contribution is 5.97. The second-order valence-corrected chi connectivity index (χ2v) is 5.06. The monoisotopic (exact) mass is 300 g/mol. The van der Waals surface area contributed by atoms with Crippen molar-refractivity contribution in [2.24, 2.45) is 0 Å². The Balaban J connectivity index is 2.02. The largest absolute Gasteiger partial charge is 0.354 e. The first-order valence-electron chi connectivity index (χ1n) is 7.31.